The van der Waals surface area contributed by atoms with Crippen LogP contribution in [0.15, 0.2) is 24.8 Å². The van der Waals surface area contributed by atoms with Gasteiger partial charge in [0.25, 0.3) is 0 Å². The number of nitrogens with zero attached hydrogens (tertiary/aromatic N) is 4. The molecule has 2 rings (SSSR count). The molecule has 0 amide bonds. The van der Waals surface area contributed by atoms with Crippen molar-refractivity contribution < 1.29 is 0 Å². The molecule has 0 fully saturated rings. The number of fused-ring (bicyclic) bond motifs is 1. The van der Waals surface area contributed by atoms with E-state index >= 15 is 0 Å². The molecule has 0 aliphatic carbocycles. The van der Waals surface area contributed by atoms with Gasteiger partial charge in [-0.1, -0.05) is 0 Å². The zero-order chi connectivity index (χ0) is 8.39. The fourth-order valence-corrected chi connectivity index (χ4v) is 0.927. The Hall–Kier alpha value is -2.02. The lowest BCUT2D eigenvalue weighted by Gasteiger charge is -1.93. The number of pyridine rings is 1. The Balaban J connectivity index is 2.78. The molecule has 2 aromatic rings. The zero-order valence-corrected chi connectivity index (χ0v) is 6.10. The summed E-state index contributed by atoms with van der Waals surface area (Å²) in [5.41, 5.74) is 1.92. The SMILES string of the molecule is N#Cc1cnc2cncnc2c1. The smallest absolute Gasteiger partial charge is 0.116 e. The molecule has 0 saturated carbocycles. The van der Waals surface area contributed by atoms with Gasteiger partial charge in [0, 0.05) is 6.20 Å². The second-order valence-electron chi connectivity index (χ2n) is 2.26. The first-order chi connectivity index (χ1) is 5.90. The number of rotatable bonds is 0. The highest BCUT2D eigenvalue weighted by Gasteiger charge is 1.96. The molecule has 2 aromatic heterocycles. The first-order valence-corrected chi connectivity index (χ1v) is 3.36. The molecule has 0 spiro atoms. The quantitative estimate of drug-likeness (QED) is 0.568. The lowest BCUT2D eigenvalue weighted by atomic mass is 10.3. The molecule has 0 radical (unpaired) electrons. The van der Waals surface area contributed by atoms with Crippen molar-refractivity contribution >= 4 is 11.0 Å². The molecule has 0 unspecified atom stereocenters. The third-order valence-corrected chi connectivity index (χ3v) is 1.49. The van der Waals surface area contributed by atoms with Crippen molar-refractivity contribution in [2.45, 2.75) is 0 Å². The van der Waals surface area contributed by atoms with Gasteiger partial charge < -0.3 is 0 Å². The van der Waals surface area contributed by atoms with E-state index in [9.17, 15) is 0 Å². The van der Waals surface area contributed by atoms with E-state index in [1.165, 1.54) is 12.5 Å². The number of hydrogen-bond donors (Lipinski definition) is 0. The maximum atomic E-state index is 8.56. The van der Waals surface area contributed by atoms with Gasteiger partial charge in [-0.2, -0.15) is 5.26 Å². The van der Waals surface area contributed by atoms with E-state index < -0.39 is 0 Å². The average molecular weight is 156 g/mol. The molecule has 0 aliphatic rings. The van der Waals surface area contributed by atoms with Gasteiger partial charge in [-0.25, -0.2) is 9.97 Å². The van der Waals surface area contributed by atoms with Gasteiger partial charge in [0.15, 0.2) is 0 Å². The zero-order valence-electron chi connectivity index (χ0n) is 6.10. The van der Waals surface area contributed by atoms with Crippen molar-refractivity contribution in [1.29, 1.82) is 5.26 Å². The Kier molecular flexibility index (Phi) is 1.42. The molecule has 0 aromatic carbocycles. The van der Waals surface area contributed by atoms with Crippen LogP contribution in [0.5, 0.6) is 0 Å². The molecular formula is C8H4N4. The third kappa shape index (κ3) is 0.974. The molecule has 56 valence electrons. The predicted octanol–water partition coefficient (Wildman–Crippen LogP) is 0.896. The molecule has 0 N–H and O–H groups in total. The second kappa shape index (κ2) is 2.55. The highest BCUT2D eigenvalue weighted by atomic mass is 14.8. The van der Waals surface area contributed by atoms with E-state index in [1.807, 2.05) is 6.07 Å². The highest BCUT2D eigenvalue weighted by Crippen LogP contribution is 2.06. The Morgan fingerprint density at radius 2 is 2.08 bits per heavy atom. The molecule has 12 heavy (non-hydrogen) atoms. The standard InChI is InChI=1S/C8H4N4/c9-2-6-1-7-8(11-3-6)4-10-5-12-7/h1,3-5H. The predicted molar refractivity (Wildman–Crippen MR) is 42.0 cm³/mol. The summed E-state index contributed by atoms with van der Waals surface area (Å²) in [5, 5.41) is 8.56. The van der Waals surface area contributed by atoms with Gasteiger partial charge >= 0.3 is 0 Å². The summed E-state index contributed by atoms with van der Waals surface area (Å²) >= 11 is 0. The van der Waals surface area contributed by atoms with Crippen LogP contribution in [0.3, 0.4) is 0 Å². The third-order valence-electron chi connectivity index (χ3n) is 1.49. The van der Waals surface area contributed by atoms with E-state index in [-0.39, 0.29) is 0 Å². The lowest BCUT2D eigenvalue weighted by Crippen LogP contribution is -1.85. The van der Waals surface area contributed by atoms with Gasteiger partial charge in [0.2, 0.25) is 0 Å². The van der Waals surface area contributed by atoms with Crippen molar-refractivity contribution in [3.63, 3.8) is 0 Å². The van der Waals surface area contributed by atoms with Crippen molar-refractivity contribution in [2.75, 3.05) is 0 Å². The van der Waals surface area contributed by atoms with Crippen molar-refractivity contribution in [1.82, 2.24) is 15.0 Å². The topological polar surface area (TPSA) is 62.5 Å². The molecule has 2 heterocycles. The van der Waals surface area contributed by atoms with Crippen LogP contribution in [0.4, 0.5) is 0 Å². The van der Waals surface area contributed by atoms with Gasteiger partial charge in [0.1, 0.15) is 17.9 Å². The summed E-state index contributed by atoms with van der Waals surface area (Å²) in [7, 11) is 0. The number of hydrogen-bond acceptors (Lipinski definition) is 4. The van der Waals surface area contributed by atoms with Crippen LogP contribution < -0.4 is 0 Å². The maximum absolute atomic E-state index is 8.56. The summed E-state index contributed by atoms with van der Waals surface area (Å²) in [4.78, 5) is 11.8. The summed E-state index contributed by atoms with van der Waals surface area (Å²) in [6, 6.07) is 3.68. The minimum atomic E-state index is 0.515. The normalized spacial score (nSPS) is 9.58. The lowest BCUT2D eigenvalue weighted by molar-refractivity contribution is 1.19. The molecule has 4 heteroatoms. The van der Waals surface area contributed by atoms with Crippen molar-refractivity contribution in [3.8, 4) is 6.07 Å². The van der Waals surface area contributed by atoms with Crippen LogP contribution in [0.2, 0.25) is 0 Å². The fraction of sp³-hybridized carbons (Fsp3) is 0. The molecular weight excluding hydrogens is 152 g/mol. The van der Waals surface area contributed by atoms with E-state index in [0.29, 0.717) is 16.6 Å². The van der Waals surface area contributed by atoms with Gasteiger partial charge in [-0.15, -0.1) is 0 Å². The maximum Gasteiger partial charge on any atom is 0.116 e. The number of nitriles is 1. The largest absolute Gasteiger partial charge is 0.252 e. The van der Waals surface area contributed by atoms with Crippen LogP contribution in [0.1, 0.15) is 5.56 Å². The summed E-state index contributed by atoms with van der Waals surface area (Å²) < 4.78 is 0. The molecule has 0 atom stereocenters. The molecule has 4 nitrogen and oxygen atoms in total. The fourth-order valence-electron chi connectivity index (χ4n) is 0.927. The first-order valence-electron chi connectivity index (χ1n) is 3.36. The van der Waals surface area contributed by atoms with Gasteiger partial charge in [-0.3, -0.25) is 4.98 Å². The molecule has 0 saturated heterocycles. The average Bonchev–Trinajstić information content (AvgIpc) is 2.17. The van der Waals surface area contributed by atoms with E-state index in [2.05, 4.69) is 15.0 Å². The van der Waals surface area contributed by atoms with Crippen LogP contribution in [-0.4, -0.2) is 15.0 Å². The van der Waals surface area contributed by atoms with E-state index in [0.717, 1.165) is 0 Å². The monoisotopic (exact) mass is 156 g/mol. The second-order valence-corrected chi connectivity index (χ2v) is 2.26. The van der Waals surface area contributed by atoms with E-state index in [4.69, 9.17) is 5.26 Å². The molecule has 0 aliphatic heterocycles. The minimum Gasteiger partial charge on any atom is -0.252 e. The van der Waals surface area contributed by atoms with Crippen LogP contribution in [-0.2, 0) is 0 Å². The molecule has 0 bridgehead atoms. The first kappa shape index (κ1) is 6.68. The highest BCUT2D eigenvalue weighted by molar-refractivity contribution is 5.73. The minimum absolute atomic E-state index is 0.515. The van der Waals surface area contributed by atoms with Gasteiger partial charge in [0.05, 0.1) is 17.3 Å². The van der Waals surface area contributed by atoms with Crippen LogP contribution >= 0.6 is 0 Å². The Morgan fingerprint density at radius 1 is 1.17 bits per heavy atom. The van der Waals surface area contributed by atoms with Crippen molar-refractivity contribution in [2.24, 2.45) is 0 Å². The van der Waals surface area contributed by atoms with Crippen molar-refractivity contribution in [3.05, 3.63) is 30.4 Å². The number of aromatic nitrogens is 3. The summed E-state index contributed by atoms with van der Waals surface area (Å²) in [5.74, 6) is 0. The Morgan fingerprint density at radius 3 is 2.92 bits per heavy atom. The Labute approximate surface area is 68.5 Å². The summed E-state index contributed by atoms with van der Waals surface area (Å²) in [6.45, 7) is 0. The van der Waals surface area contributed by atoms with Gasteiger partial charge in [-0.05, 0) is 6.07 Å². The van der Waals surface area contributed by atoms with E-state index in [1.54, 1.807) is 12.3 Å². The van der Waals surface area contributed by atoms with Crippen LogP contribution in [0.25, 0.3) is 11.0 Å². The Bertz CT molecular complexity index is 458. The summed E-state index contributed by atoms with van der Waals surface area (Å²) in [6.07, 6.45) is 4.56. The van der Waals surface area contributed by atoms with Crippen LogP contribution in [0, 0.1) is 11.3 Å².